The molecule has 0 spiro atoms. The second-order valence-corrected chi connectivity index (χ2v) is 7.20. The zero-order valence-electron chi connectivity index (χ0n) is 13.8. The molecule has 0 aliphatic heterocycles. The van der Waals surface area contributed by atoms with E-state index in [4.69, 9.17) is 0 Å². The van der Waals surface area contributed by atoms with Crippen LogP contribution in [0.1, 0.15) is 12.5 Å². The maximum Gasteiger partial charge on any atom is 0.416 e. The molecule has 2 aromatic carbocycles. The molecule has 5 nitrogen and oxygen atoms in total. The molecular formula is C17H17F3N2O3S. The lowest BCUT2D eigenvalue weighted by Crippen LogP contribution is -2.37. The van der Waals surface area contributed by atoms with Gasteiger partial charge in [0, 0.05) is 25.7 Å². The predicted molar refractivity (Wildman–Crippen MR) is 91.1 cm³/mol. The highest BCUT2D eigenvalue weighted by atomic mass is 32.2. The van der Waals surface area contributed by atoms with E-state index in [9.17, 15) is 26.4 Å². The third kappa shape index (κ3) is 5.06. The lowest BCUT2D eigenvalue weighted by atomic mass is 10.2. The Morgan fingerprint density at radius 1 is 1.08 bits per heavy atom. The highest BCUT2D eigenvalue weighted by molar-refractivity contribution is 7.89. The number of hydrogen-bond donors (Lipinski definition) is 1. The first kappa shape index (κ1) is 19.9. The maximum atomic E-state index is 12.8. The van der Waals surface area contributed by atoms with Crippen LogP contribution in [0.25, 0.3) is 0 Å². The van der Waals surface area contributed by atoms with Gasteiger partial charge in [-0.25, -0.2) is 13.1 Å². The van der Waals surface area contributed by atoms with E-state index >= 15 is 0 Å². The van der Waals surface area contributed by atoms with Crippen molar-refractivity contribution in [2.24, 2.45) is 0 Å². The summed E-state index contributed by atoms with van der Waals surface area (Å²) in [5.41, 5.74) is -0.836. The predicted octanol–water partition coefficient (Wildman–Crippen LogP) is 3.04. The number of carbonyl (C=O) groups excluding carboxylic acids is 1. The van der Waals surface area contributed by atoms with Gasteiger partial charge in [0.15, 0.2) is 0 Å². The smallest absolute Gasteiger partial charge is 0.311 e. The molecule has 1 amide bonds. The van der Waals surface area contributed by atoms with Gasteiger partial charge in [0.25, 0.3) is 0 Å². The number of alkyl halides is 3. The Morgan fingerprint density at radius 3 is 2.31 bits per heavy atom. The Bertz CT molecular complexity index is 868. The lowest BCUT2D eigenvalue weighted by Gasteiger charge is -2.22. The fourth-order valence-electron chi connectivity index (χ4n) is 2.29. The van der Waals surface area contributed by atoms with Crippen LogP contribution in [0, 0.1) is 0 Å². The SMILES string of the molecule is CC(=O)N(CCNS(=O)(=O)c1ccccc1)c1cccc(C(F)(F)F)c1. The summed E-state index contributed by atoms with van der Waals surface area (Å²) in [4.78, 5) is 12.9. The van der Waals surface area contributed by atoms with Crippen molar-refractivity contribution in [1.82, 2.24) is 4.72 Å². The van der Waals surface area contributed by atoms with Gasteiger partial charge in [-0.2, -0.15) is 13.2 Å². The average molecular weight is 386 g/mol. The van der Waals surface area contributed by atoms with E-state index in [1.54, 1.807) is 18.2 Å². The van der Waals surface area contributed by atoms with Crippen molar-refractivity contribution >= 4 is 21.6 Å². The number of hydrogen-bond acceptors (Lipinski definition) is 3. The molecule has 0 aliphatic rings. The lowest BCUT2D eigenvalue weighted by molar-refractivity contribution is -0.137. The quantitative estimate of drug-likeness (QED) is 0.830. The van der Waals surface area contributed by atoms with E-state index in [-0.39, 0.29) is 23.7 Å². The summed E-state index contributed by atoms with van der Waals surface area (Å²) in [6, 6.07) is 12.0. The molecule has 2 rings (SSSR count). The van der Waals surface area contributed by atoms with Gasteiger partial charge in [-0.05, 0) is 30.3 Å². The van der Waals surface area contributed by atoms with Gasteiger partial charge >= 0.3 is 6.18 Å². The highest BCUT2D eigenvalue weighted by Gasteiger charge is 2.31. The van der Waals surface area contributed by atoms with Gasteiger partial charge in [0.05, 0.1) is 10.5 Å². The van der Waals surface area contributed by atoms with Gasteiger partial charge in [-0.1, -0.05) is 24.3 Å². The van der Waals surface area contributed by atoms with Crippen molar-refractivity contribution in [2.75, 3.05) is 18.0 Å². The molecule has 140 valence electrons. The molecule has 2 aromatic rings. The van der Waals surface area contributed by atoms with Crippen LogP contribution in [-0.2, 0) is 21.0 Å². The van der Waals surface area contributed by atoms with Crippen molar-refractivity contribution in [3.63, 3.8) is 0 Å². The number of sulfonamides is 1. The van der Waals surface area contributed by atoms with Crippen LogP contribution in [0.15, 0.2) is 59.5 Å². The zero-order valence-corrected chi connectivity index (χ0v) is 14.6. The molecule has 0 saturated carbocycles. The number of halogens is 3. The van der Waals surface area contributed by atoms with Crippen molar-refractivity contribution in [2.45, 2.75) is 18.0 Å². The van der Waals surface area contributed by atoms with Crippen molar-refractivity contribution in [3.05, 3.63) is 60.2 Å². The van der Waals surface area contributed by atoms with E-state index in [1.165, 1.54) is 31.2 Å². The third-order valence-electron chi connectivity index (χ3n) is 3.55. The monoisotopic (exact) mass is 386 g/mol. The maximum absolute atomic E-state index is 12.8. The van der Waals surface area contributed by atoms with Crippen LogP contribution in [-0.4, -0.2) is 27.4 Å². The van der Waals surface area contributed by atoms with Gasteiger partial charge in [-0.15, -0.1) is 0 Å². The first-order valence-electron chi connectivity index (χ1n) is 7.61. The van der Waals surface area contributed by atoms with E-state index in [0.29, 0.717) is 0 Å². The highest BCUT2D eigenvalue weighted by Crippen LogP contribution is 2.31. The second kappa shape index (κ2) is 7.88. The second-order valence-electron chi connectivity index (χ2n) is 5.43. The summed E-state index contributed by atoms with van der Waals surface area (Å²) in [5, 5.41) is 0. The van der Waals surface area contributed by atoms with E-state index in [2.05, 4.69) is 4.72 Å². The van der Waals surface area contributed by atoms with Gasteiger partial charge in [0.1, 0.15) is 0 Å². The molecule has 26 heavy (non-hydrogen) atoms. The number of nitrogens with zero attached hydrogens (tertiary/aromatic N) is 1. The van der Waals surface area contributed by atoms with Gasteiger partial charge in [-0.3, -0.25) is 4.79 Å². The zero-order chi connectivity index (χ0) is 19.4. The Morgan fingerprint density at radius 2 is 1.73 bits per heavy atom. The van der Waals surface area contributed by atoms with Gasteiger partial charge in [0.2, 0.25) is 15.9 Å². The molecule has 0 unspecified atom stereocenters. The van der Waals surface area contributed by atoms with Crippen LogP contribution in [0.4, 0.5) is 18.9 Å². The molecule has 0 bridgehead atoms. The number of benzene rings is 2. The molecule has 0 radical (unpaired) electrons. The summed E-state index contributed by atoms with van der Waals surface area (Å²) in [5.74, 6) is -0.497. The van der Waals surface area contributed by atoms with Crippen molar-refractivity contribution < 1.29 is 26.4 Å². The standard InChI is InChI=1S/C17H17F3N2O3S/c1-13(23)22(15-7-5-6-14(12-15)17(18,19)20)11-10-21-26(24,25)16-8-3-2-4-9-16/h2-9,12,21H,10-11H2,1H3. The minimum absolute atomic E-state index is 0.0474. The molecule has 0 atom stereocenters. The largest absolute Gasteiger partial charge is 0.416 e. The molecule has 0 heterocycles. The number of carbonyl (C=O) groups is 1. The summed E-state index contributed by atoms with van der Waals surface area (Å²) in [6.07, 6.45) is -4.53. The summed E-state index contributed by atoms with van der Waals surface area (Å²) < 4.78 is 65.1. The van der Waals surface area contributed by atoms with Crippen molar-refractivity contribution in [1.29, 1.82) is 0 Å². The fraction of sp³-hybridized carbons (Fsp3) is 0.235. The van der Waals surface area contributed by atoms with Crippen LogP contribution in [0.3, 0.4) is 0 Å². The molecule has 0 saturated heterocycles. The Balaban J connectivity index is 2.12. The first-order valence-corrected chi connectivity index (χ1v) is 9.09. The molecule has 0 fully saturated rings. The summed E-state index contributed by atoms with van der Waals surface area (Å²) in [6.45, 7) is 0.946. The molecule has 9 heteroatoms. The van der Waals surface area contributed by atoms with E-state index < -0.39 is 27.7 Å². The van der Waals surface area contributed by atoms with E-state index in [1.807, 2.05) is 0 Å². The number of nitrogens with one attached hydrogen (secondary N) is 1. The average Bonchev–Trinajstić information content (AvgIpc) is 2.58. The van der Waals surface area contributed by atoms with Gasteiger partial charge < -0.3 is 4.90 Å². The minimum atomic E-state index is -4.53. The number of anilines is 1. The Hall–Kier alpha value is -2.39. The van der Waals surface area contributed by atoms with Crippen LogP contribution in [0.5, 0.6) is 0 Å². The normalized spacial score (nSPS) is 12.0. The third-order valence-corrected chi connectivity index (χ3v) is 5.02. The van der Waals surface area contributed by atoms with Crippen molar-refractivity contribution in [3.8, 4) is 0 Å². The molecule has 1 N–H and O–H groups in total. The molecule has 0 aliphatic carbocycles. The Kier molecular flexibility index (Phi) is 6.04. The summed E-state index contributed by atoms with van der Waals surface area (Å²) >= 11 is 0. The van der Waals surface area contributed by atoms with Crippen LogP contribution in [0.2, 0.25) is 0 Å². The fourth-order valence-corrected chi connectivity index (χ4v) is 3.34. The molecular weight excluding hydrogens is 369 g/mol. The van der Waals surface area contributed by atoms with Crippen LogP contribution < -0.4 is 9.62 Å². The first-order chi connectivity index (χ1) is 12.1. The number of rotatable bonds is 6. The van der Waals surface area contributed by atoms with Crippen LogP contribution >= 0.6 is 0 Å². The topological polar surface area (TPSA) is 66.5 Å². The molecule has 0 aromatic heterocycles. The minimum Gasteiger partial charge on any atom is -0.311 e. The van der Waals surface area contributed by atoms with E-state index in [0.717, 1.165) is 17.0 Å². The Labute approximate surface area is 149 Å². The number of amides is 1. The summed E-state index contributed by atoms with van der Waals surface area (Å²) in [7, 11) is -3.76.